The third-order valence-corrected chi connectivity index (χ3v) is 19.3. The monoisotopic (exact) mass is 1150 g/mol. The van der Waals surface area contributed by atoms with Crippen molar-refractivity contribution in [1.29, 1.82) is 0 Å². The highest BCUT2D eigenvalue weighted by molar-refractivity contribution is 6.26. The highest BCUT2D eigenvalue weighted by Gasteiger charge is 2.26. The molecule has 0 saturated heterocycles. The molecule has 0 unspecified atom stereocenters. The fourth-order valence-corrected chi connectivity index (χ4v) is 15.2. The van der Waals surface area contributed by atoms with Crippen LogP contribution < -0.4 is 0 Å². The molecule has 3 nitrogen and oxygen atoms in total. The Labute approximate surface area is 524 Å². The standard InChI is InChI=1S/C88H54N2O/c1-5-22-55(23-6-1)59-41-46-79-75(50-59)76-51-60(56-24-7-2-8-25-56)42-47-80(76)89(79)86-69-34-17-13-30-65(69)84(66-31-14-18-35-70(66)86)63-40-45-64-73-38-21-39-74(88(73)91-83(64)54-63)85-67-32-15-19-36-71(67)87(72-37-20-16-33-68(72)85)90-81-48-43-61(57-26-9-3-10-27-57)52-77(81)78-53-62(44-49-82(78)90)58-28-11-4-12-29-58/h1-54H. The zero-order valence-electron chi connectivity index (χ0n) is 49.5. The number of aromatic nitrogens is 2. The van der Waals surface area contributed by atoms with Crippen LogP contribution in [-0.2, 0) is 0 Å². The lowest BCUT2D eigenvalue weighted by atomic mass is 9.89. The second kappa shape index (κ2) is 20.3. The number of para-hydroxylation sites is 1. The first-order valence-electron chi connectivity index (χ1n) is 31.4. The van der Waals surface area contributed by atoms with Gasteiger partial charge in [-0.25, -0.2) is 0 Å². The first-order chi connectivity index (χ1) is 45.2. The van der Waals surface area contributed by atoms with Crippen LogP contribution in [0, 0.1) is 0 Å². The van der Waals surface area contributed by atoms with Gasteiger partial charge in [0.2, 0.25) is 0 Å². The normalized spacial score (nSPS) is 12.0. The molecule has 0 aliphatic carbocycles. The molecule has 0 spiro atoms. The summed E-state index contributed by atoms with van der Waals surface area (Å²) in [5.74, 6) is 0. The summed E-state index contributed by atoms with van der Waals surface area (Å²) in [6, 6.07) is 121. The van der Waals surface area contributed by atoms with Gasteiger partial charge in [0.05, 0.1) is 33.4 Å². The van der Waals surface area contributed by atoms with Crippen LogP contribution in [0.15, 0.2) is 332 Å². The fourth-order valence-electron chi connectivity index (χ4n) is 15.2. The zero-order chi connectivity index (χ0) is 59.7. The minimum Gasteiger partial charge on any atom is -0.455 e. The molecule has 91 heavy (non-hydrogen) atoms. The largest absolute Gasteiger partial charge is 0.455 e. The third-order valence-electron chi connectivity index (χ3n) is 19.3. The summed E-state index contributed by atoms with van der Waals surface area (Å²) >= 11 is 0. The van der Waals surface area contributed by atoms with Crippen LogP contribution in [-0.4, -0.2) is 9.13 Å². The van der Waals surface area contributed by atoms with Crippen LogP contribution in [0.4, 0.5) is 0 Å². The molecule has 3 heteroatoms. The molecular weight excluding hydrogens is 1100 g/mol. The van der Waals surface area contributed by atoms with Crippen molar-refractivity contribution in [3.8, 4) is 78.1 Å². The molecule has 3 heterocycles. The summed E-state index contributed by atoms with van der Waals surface area (Å²) in [7, 11) is 0. The number of rotatable bonds is 8. The molecule has 0 N–H and O–H groups in total. The van der Waals surface area contributed by atoms with E-state index >= 15 is 0 Å². The molecule has 0 radical (unpaired) electrons. The van der Waals surface area contributed by atoms with Crippen molar-refractivity contribution < 1.29 is 4.42 Å². The topological polar surface area (TPSA) is 23.0 Å². The minimum atomic E-state index is 0.850. The van der Waals surface area contributed by atoms with Gasteiger partial charge in [0.1, 0.15) is 11.2 Å². The van der Waals surface area contributed by atoms with Gasteiger partial charge in [-0.05, 0) is 138 Å². The van der Waals surface area contributed by atoms with Crippen LogP contribution in [0.25, 0.3) is 187 Å². The van der Waals surface area contributed by atoms with Crippen molar-refractivity contribution in [2.45, 2.75) is 0 Å². The van der Waals surface area contributed by atoms with Crippen LogP contribution in [0.2, 0.25) is 0 Å². The van der Waals surface area contributed by atoms with E-state index in [4.69, 9.17) is 4.42 Å². The van der Waals surface area contributed by atoms with Crippen molar-refractivity contribution in [3.63, 3.8) is 0 Å². The fraction of sp³-hybridized carbons (Fsp3) is 0. The van der Waals surface area contributed by atoms with Crippen molar-refractivity contribution in [2.75, 3.05) is 0 Å². The highest BCUT2D eigenvalue weighted by Crippen LogP contribution is 2.50. The van der Waals surface area contributed by atoms with E-state index in [1.807, 2.05) is 0 Å². The molecule has 19 aromatic rings. The first-order valence-corrected chi connectivity index (χ1v) is 31.4. The van der Waals surface area contributed by atoms with Crippen molar-refractivity contribution in [2.24, 2.45) is 0 Å². The van der Waals surface area contributed by atoms with Crippen LogP contribution in [0.1, 0.15) is 0 Å². The van der Waals surface area contributed by atoms with Gasteiger partial charge >= 0.3 is 0 Å². The molecule has 19 rings (SSSR count). The van der Waals surface area contributed by atoms with Crippen molar-refractivity contribution >= 4 is 109 Å². The highest BCUT2D eigenvalue weighted by atomic mass is 16.3. The summed E-state index contributed by atoms with van der Waals surface area (Å²) in [6.45, 7) is 0. The van der Waals surface area contributed by atoms with E-state index < -0.39 is 0 Å². The Morgan fingerprint density at radius 3 is 0.857 bits per heavy atom. The molecule has 0 aliphatic rings. The summed E-state index contributed by atoms with van der Waals surface area (Å²) in [4.78, 5) is 0. The summed E-state index contributed by atoms with van der Waals surface area (Å²) in [5.41, 5.74) is 22.8. The van der Waals surface area contributed by atoms with E-state index in [1.165, 1.54) is 121 Å². The van der Waals surface area contributed by atoms with E-state index in [-0.39, 0.29) is 0 Å². The Kier molecular flexibility index (Phi) is 11.4. The number of hydrogen-bond donors (Lipinski definition) is 0. The lowest BCUT2D eigenvalue weighted by Gasteiger charge is -2.19. The minimum absolute atomic E-state index is 0.850. The maximum Gasteiger partial charge on any atom is 0.143 e. The molecule has 16 aromatic carbocycles. The van der Waals surface area contributed by atoms with Gasteiger partial charge < -0.3 is 13.6 Å². The predicted molar refractivity (Wildman–Crippen MR) is 385 cm³/mol. The van der Waals surface area contributed by atoms with E-state index in [1.54, 1.807) is 0 Å². The molecule has 0 atom stereocenters. The van der Waals surface area contributed by atoms with E-state index in [0.29, 0.717) is 0 Å². The second-order valence-electron chi connectivity index (χ2n) is 24.2. The number of fused-ring (bicyclic) bond motifs is 13. The molecule has 0 aliphatic heterocycles. The maximum absolute atomic E-state index is 7.39. The predicted octanol–water partition coefficient (Wildman–Crippen LogP) is 24.4. The number of hydrogen-bond acceptors (Lipinski definition) is 1. The van der Waals surface area contributed by atoms with Crippen molar-refractivity contribution in [1.82, 2.24) is 9.13 Å². The lowest BCUT2D eigenvalue weighted by molar-refractivity contribution is 0.670. The molecule has 0 amide bonds. The van der Waals surface area contributed by atoms with Gasteiger partial charge in [-0.1, -0.05) is 267 Å². The molecule has 0 bridgehead atoms. The maximum atomic E-state index is 7.39. The van der Waals surface area contributed by atoms with Crippen LogP contribution in [0.3, 0.4) is 0 Å². The Morgan fingerprint density at radius 1 is 0.187 bits per heavy atom. The van der Waals surface area contributed by atoms with E-state index in [2.05, 4.69) is 337 Å². The molecule has 0 saturated carbocycles. The average Bonchev–Trinajstić information content (AvgIpc) is 1.66. The number of nitrogens with zero attached hydrogens (tertiary/aromatic N) is 2. The van der Waals surface area contributed by atoms with Gasteiger partial charge in [-0.15, -0.1) is 0 Å². The number of furan rings is 1. The third kappa shape index (κ3) is 7.88. The second-order valence-corrected chi connectivity index (χ2v) is 24.2. The van der Waals surface area contributed by atoms with Crippen LogP contribution >= 0.6 is 0 Å². The summed E-state index contributed by atoms with van der Waals surface area (Å²) in [5, 5.41) is 16.4. The average molecular weight is 1160 g/mol. The quantitative estimate of drug-likeness (QED) is 0.139. The Hall–Kier alpha value is -12.0. The van der Waals surface area contributed by atoms with Gasteiger partial charge in [0.25, 0.3) is 0 Å². The molecule has 422 valence electrons. The van der Waals surface area contributed by atoms with Gasteiger partial charge in [0, 0.05) is 65.0 Å². The summed E-state index contributed by atoms with van der Waals surface area (Å²) in [6.07, 6.45) is 0. The van der Waals surface area contributed by atoms with Gasteiger partial charge in [0.15, 0.2) is 0 Å². The Morgan fingerprint density at radius 2 is 0.495 bits per heavy atom. The zero-order valence-corrected chi connectivity index (χ0v) is 49.5. The Balaban J connectivity index is 0.800. The smallest absolute Gasteiger partial charge is 0.143 e. The summed E-state index contributed by atoms with van der Waals surface area (Å²) < 4.78 is 12.4. The van der Waals surface area contributed by atoms with Crippen molar-refractivity contribution in [3.05, 3.63) is 328 Å². The molecule has 3 aromatic heterocycles. The van der Waals surface area contributed by atoms with E-state index in [9.17, 15) is 0 Å². The van der Waals surface area contributed by atoms with Crippen LogP contribution in [0.5, 0.6) is 0 Å². The number of benzene rings is 16. The SMILES string of the molecule is c1ccc(-c2ccc3c(c2)c2cc(-c4ccccc4)ccc2n3-c2c3ccccc3c(-c3ccc4c(c3)oc3c(-c5c6ccccc6c(-n6c7ccc(-c8ccccc8)cc7c7cc(-c8ccccc8)ccc76)c6ccccc56)cccc34)c3ccccc23)cc1. The van der Waals surface area contributed by atoms with E-state index in [0.717, 1.165) is 66.1 Å². The molecule has 0 fully saturated rings. The Bertz CT molecular complexity index is 5860. The van der Waals surface area contributed by atoms with Gasteiger partial charge in [-0.3, -0.25) is 0 Å². The lowest BCUT2D eigenvalue weighted by Crippen LogP contribution is -1.99. The molecular formula is C88H54N2O. The first kappa shape index (κ1) is 51.0. The van der Waals surface area contributed by atoms with Gasteiger partial charge in [-0.2, -0.15) is 0 Å².